The molecule has 1 saturated heterocycles. The molecule has 2 rings (SSSR count). The van der Waals surface area contributed by atoms with E-state index >= 15 is 0 Å². The Bertz CT molecular complexity index is 362. The van der Waals surface area contributed by atoms with Gasteiger partial charge in [-0.25, -0.2) is 4.39 Å². The lowest BCUT2D eigenvalue weighted by Crippen LogP contribution is -2.15. The smallest absolute Gasteiger partial charge is 0.123 e. The van der Waals surface area contributed by atoms with Crippen molar-refractivity contribution >= 4 is 12.4 Å². The van der Waals surface area contributed by atoms with Gasteiger partial charge in [0.2, 0.25) is 0 Å². The third-order valence-electron chi connectivity index (χ3n) is 2.67. The molecule has 0 saturated carbocycles. The van der Waals surface area contributed by atoms with Crippen LogP contribution in [0.3, 0.4) is 0 Å². The molecule has 1 fully saturated rings. The Morgan fingerprint density at radius 1 is 1.50 bits per heavy atom. The van der Waals surface area contributed by atoms with E-state index in [1.165, 1.54) is 12.1 Å². The van der Waals surface area contributed by atoms with E-state index in [1.807, 2.05) is 0 Å². The van der Waals surface area contributed by atoms with Crippen LogP contribution in [0.1, 0.15) is 18.0 Å². The summed E-state index contributed by atoms with van der Waals surface area (Å²) in [6.07, 6.45) is 0.239. The largest absolute Gasteiger partial charge is 0.496 e. The highest BCUT2D eigenvalue weighted by molar-refractivity contribution is 5.85. The Kier molecular flexibility index (Phi) is 4.53. The summed E-state index contributed by atoms with van der Waals surface area (Å²) in [6.45, 7) is 0.546. The van der Waals surface area contributed by atoms with E-state index in [0.717, 1.165) is 5.56 Å². The van der Waals surface area contributed by atoms with Gasteiger partial charge < -0.3 is 15.2 Å². The number of halogens is 2. The second-order valence-corrected chi connectivity index (χ2v) is 3.74. The maximum Gasteiger partial charge on any atom is 0.123 e. The summed E-state index contributed by atoms with van der Waals surface area (Å²) in [5.41, 5.74) is 0.772. The normalized spacial score (nSPS) is 23.9. The molecule has 0 amide bonds. The summed E-state index contributed by atoms with van der Waals surface area (Å²) in [4.78, 5) is 0. The average Bonchev–Trinajstić information content (AvgIpc) is 2.65. The van der Waals surface area contributed by atoms with E-state index in [1.54, 1.807) is 13.2 Å². The molecule has 1 heterocycles. The number of ether oxygens (including phenoxy) is 1. The Labute approximate surface area is 100 Å². The molecule has 2 atom stereocenters. The molecule has 5 heteroatoms. The Balaban J connectivity index is 0.00000128. The molecule has 90 valence electrons. The van der Waals surface area contributed by atoms with Crippen molar-refractivity contribution in [3.05, 3.63) is 29.6 Å². The van der Waals surface area contributed by atoms with Crippen molar-refractivity contribution in [2.24, 2.45) is 0 Å². The van der Waals surface area contributed by atoms with Crippen molar-refractivity contribution in [3.8, 4) is 5.75 Å². The topological polar surface area (TPSA) is 41.5 Å². The van der Waals surface area contributed by atoms with Crippen molar-refractivity contribution in [1.82, 2.24) is 5.32 Å². The van der Waals surface area contributed by atoms with Crippen molar-refractivity contribution in [2.75, 3.05) is 13.7 Å². The fourth-order valence-electron chi connectivity index (χ4n) is 1.93. The number of hydrogen-bond donors (Lipinski definition) is 2. The van der Waals surface area contributed by atoms with Crippen LogP contribution in [0.15, 0.2) is 18.2 Å². The van der Waals surface area contributed by atoms with Crippen LogP contribution in [0.2, 0.25) is 0 Å². The molecular formula is C11H15ClFNO2. The van der Waals surface area contributed by atoms with Gasteiger partial charge in [0.05, 0.1) is 13.2 Å². The first-order chi connectivity index (χ1) is 7.20. The first-order valence-corrected chi connectivity index (χ1v) is 4.95. The van der Waals surface area contributed by atoms with Gasteiger partial charge in [-0.2, -0.15) is 0 Å². The number of aliphatic hydroxyl groups excluding tert-OH is 1. The zero-order chi connectivity index (χ0) is 10.8. The number of benzene rings is 1. The number of β-amino-alcohol motifs (C(OH)–C–C–N with tert-alkyl or cyclic N) is 1. The lowest BCUT2D eigenvalue weighted by Gasteiger charge is -2.14. The maximum absolute atomic E-state index is 13.1. The Hall–Kier alpha value is -0.840. The summed E-state index contributed by atoms with van der Waals surface area (Å²) in [6, 6.07) is 4.41. The van der Waals surface area contributed by atoms with Crippen LogP contribution in [-0.4, -0.2) is 24.9 Å². The molecule has 3 nitrogen and oxygen atoms in total. The molecule has 16 heavy (non-hydrogen) atoms. The molecule has 1 unspecified atom stereocenters. The minimum Gasteiger partial charge on any atom is -0.496 e. The van der Waals surface area contributed by atoms with Crippen LogP contribution in [0.4, 0.5) is 4.39 Å². The van der Waals surface area contributed by atoms with Crippen LogP contribution in [0, 0.1) is 5.82 Å². The monoisotopic (exact) mass is 247 g/mol. The molecule has 0 aliphatic carbocycles. The predicted molar refractivity (Wildman–Crippen MR) is 61.6 cm³/mol. The molecule has 2 N–H and O–H groups in total. The second kappa shape index (κ2) is 5.48. The van der Waals surface area contributed by atoms with Gasteiger partial charge in [-0.1, -0.05) is 0 Å². The lowest BCUT2D eigenvalue weighted by molar-refractivity contribution is 0.193. The average molecular weight is 248 g/mol. The second-order valence-electron chi connectivity index (χ2n) is 3.74. The molecule has 1 aliphatic heterocycles. The Morgan fingerprint density at radius 3 is 2.81 bits per heavy atom. The highest BCUT2D eigenvalue weighted by Gasteiger charge is 2.26. The summed E-state index contributed by atoms with van der Waals surface area (Å²) in [5.74, 6) is 0.372. The van der Waals surface area contributed by atoms with Gasteiger partial charge in [0.15, 0.2) is 0 Å². The maximum atomic E-state index is 13.1. The number of aliphatic hydroxyl groups is 1. The standard InChI is InChI=1S/C11H14FNO2.ClH/c1-15-11-3-2-7(12)4-9(11)10-5-8(14)6-13-10;/h2-4,8,10,13-14H,5-6H2,1H3;1H/t8-,10?;/m1./s1. The fraction of sp³-hybridized carbons (Fsp3) is 0.455. The predicted octanol–water partition coefficient (Wildman–Crippen LogP) is 1.65. The van der Waals surface area contributed by atoms with Gasteiger partial charge in [0, 0.05) is 18.2 Å². The number of methoxy groups -OCH3 is 1. The van der Waals surface area contributed by atoms with Gasteiger partial charge in [-0.05, 0) is 24.6 Å². The number of nitrogens with one attached hydrogen (secondary N) is 1. The van der Waals surface area contributed by atoms with Gasteiger partial charge in [0.25, 0.3) is 0 Å². The first-order valence-electron chi connectivity index (χ1n) is 4.95. The van der Waals surface area contributed by atoms with Crippen molar-refractivity contribution in [3.63, 3.8) is 0 Å². The summed E-state index contributed by atoms with van der Waals surface area (Å²) < 4.78 is 18.2. The van der Waals surface area contributed by atoms with Gasteiger partial charge >= 0.3 is 0 Å². The zero-order valence-electron chi connectivity index (χ0n) is 8.94. The quantitative estimate of drug-likeness (QED) is 0.835. The molecule has 0 aromatic heterocycles. The van der Waals surface area contributed by atoms with Gasteiger partial charge in [-0.3, -0.25) is 0 Å². The van der Waals surface area contributed by atoms with Crippen LogP contribution in [0.25, 0.3) is 0 Å². The highest BCUT2D eigenvalue weighted by Crippen LogP contribution is 2.31. The summed E-state index contributed by atoms with van der Waals surface area (Å²) in [5, 5.41) is 12.5. The molecule has 0 bridgehead atoms. The minimum absolute atomic E-state index is 0. The van der Waals surface area contributed by atoms with Crippen LogP contribution >= 0.6 is 12.4 Å². The highest BCUT2D eigenvalue weighted by atomic mass is 35.5. The SMILES string of the molecule is COc1ccc(F)cc1C1C[C@@H](O)CN1.Cl. The first kappa shape index (κ1) is 13.2. The molecular weight excluding hydrogens is 233 g/mol. The van der Waals surface area contributed by atoms with E-state index < -0.39 is 0 Å². The fourth-order valence-corrected chi connectivity index (χ4v) is 1.93. The van der Waals surface area contributed by atoms with Crippen molar-refractivity contribution in [1.29, 1.82) is 0 Å². The molecule has 0 radical (unpaired) electrons. The van der Waals surface area contributed by atoms with E-state index in [0.29, 0.717) is 18.7 Å². The molecule has 0 spiro atoms. The number of rotatable bonds is 2. The van der Waals surface area contributed by atoms with E-state index in [9.17, 15) is 9.50 Å². The Morgan fingerprint density at radius 2 is 2.25 bits per heavy atom. The van der Waals surface area contributed by atoms with Crippen LogP contribution < -0.4 is 10.1 Å². The third kappa shape index (κ3) is 2.64. The molecule has 1 aromatic carbocycles. The zero-order valence-corrected chi connectivity index (χ0v) is 9.76. The molecule has 1 aromatic rings. The van der Waals surface area contributed by atoms with Gasteiger partial charge in [-0.15, -0.1) is 12.4 Å². The van der Waals surface area contributed by atoms with Crippen molar-refractivity contribution < 1.29 is 14.2 Å². The third-order valence-corrected chi connectivity index (χ3v) is 2.67. The molecule has 1 aliphatic rings. The van der Waals surface area contributed by atoms with E-state index in [4.69, 9.17) is 4.74 Å². The van der Waals surface area contributed by atoms with E-state index in [-0.39, 0.29) is 30.4 Å². The lowest BCUT2D eigenvalue weighted by atomic mass is 10.0. The van der Waals surface area contributed by atoms with E-state index in [2.05, 4.69) is 5.32 Å². The number of hydrogen-bond acceptors (Lipinski definition) is 3. The minimum atomic E-state index is -0.358. The van der Waals surface area contributed by atoms with Crippen LogP contribution in [0.5, 0.6) is 5.75 Å². The summed E-state index contributed by atoms with van der Waals surface area (Å²) in [7, 11) is 1.56. The van der Waals surface area contributed by atoms with Gasteiger partial charge in [0.1, 0.15) is 11.6 Å². The van der Waals surface area contributed by atoms with Crippen LogP contribution in [-0.2, 0) is 0 Å². The summed E-state index contributed by atoms with van der Waals surface area (Å²) >= 11 is 0. The van der Waals surface area contributed by atoms with Crippen molar-refractivity contribution in [2.45, 2.75) is 18.6 Å².